The van der Waals surface area contributed by atoms with E-state index in [-0.39, 0.29) is 12.4 Å². The van der Waals surface area contributed by atoms with Gasteiger partial charge in [-0.05, 0) is 68.7 Å². The van der Waals surface area contributed by atoms with Crippen LogP contribution in [-0.4, -0.2) is 31.1 Å². The van der Waals surface area contributed by atoms with Crippen LogP contribution in [-0.2, 0) is 22.3 Å². The highest BCUT2D eigenvalue weighted by molar-refractivity contribution is 6.13. The van der Waals surface area contributed by atoms with Crippen LogP contribution in [0.15, 0.2) is 36.8 Å². The molecule has 4 rings (SSSR count). The lowest BCUT2D eigenvalue weighted by Crippen LogP contribution is -2.26. The zero-order valence-corrected chi connectivity index (χ0v) is 18.5. The van der Waals surface area contributed by atoms with E-state index in [1.807, 2.05) is 6.92 Å². The van der Waals surface area contributed by atoms with E-state index in [0.29, 0.717) is 33.1 Å². The second-order valence-corrected chi connectivity index (χ2v) is 8.75. The van der Waals surface area contributed by atoms with Gasteiger partial charge in [0.2, 0.25) is 0 Å². The predicted molar refractivity (Wildman–Crippen MR) is 118 cm³/mol. The van der Waals surface area contributed by atoms with Gasteiger partial charge in [-0.3, -0.25) is 9.78 Å². The van der Waals surface area contributed by atoms with Gasteiger partial charge in [-0.1, -0.05) is 0 Å². The number of carbonyl (C=O) groups is 1. The number of anilines is 1. The van der Waals surface area contributed by atoms with Gasteiger partial charge in [0.25, 0.3) is 0 Å². The third-order valence-electron chi connectivity index (χ3n) is 5.04. The Balaban J connectivity index is 1.94. The van der Waals surface area contributed by atoms with E-state index in [1.54, 1.807) is 37.5 Å². The summed E-state index contributed by atoms with van der Waals surface area (Å²) in [7, 11) is 0. The molecule has 33 heavy (non-hydrogen) atoms. The minimum Gasteiger partial charge on any atom is -0.459 e. The lowest BCUT2D eigenvalue weighted by molar-refractivity contribution is -0.155. The fourth-order valence-electron chi connectivity index (χ4n) is 3.88. The number of alkyl halides is 3. The van der Waals surface area contributed by atoms with Crippen molar-refractivity contribution in [3.8, 4) is 11.1 Å². The Hall–Kier alpha value is -3.69. The van der Waals surface area contributed by atoms with Crippen molar-refractivity contribution in [1.82, 2.24) is 19.5 Å². The van der Waals surface area contributed by atoms with Crippen molar-refractivity contribution in [2.24, 2.45) is 0 Å². The van der Waals surface area contributed by atoms with Crippen molar-refractivity contribution in [2.45, 2.75) is 46.0 Å². The zero-order chi connectivity index (χ0) is 24.1. The highest BCUT2D eigenvalue weighted by Gasteiger charge is 2.32. The number of benzene rings is 1. The van der Waals surface area contributed by atoms with Crippen LogP contribution in [0.25, 0.3) is 33.1 Å². The van der Waals surface area contributed by atoms with Crippen molar-refractivity contribution in [3.05, 3.63) is 48.0 Å². The van der Waals surface area contributed by atoms with Crippen LogP contribution in [0, 0.1) is 6.92 Å². The van der Waals surface area contributed by atoms with Gasteiger partial charge in [-0.15, -0.1) is 0 Å². The van der Waals surface area contributed by atoms with Crippen molar-refractivity contribution >= 4 is 33.7 Å². The molecule has 7 nitrogen and oxygen atoms in total. The Morgan fingerprint density at radius 1 is 1.09 bits per heavy atom. The smallest absolute Gasteiger partial charge is 0.433 e. The van der Waals surface area contributed by atoms with Crippen LogP contribution in [0.4, 0.5) is 19.0 Å². The zero-order valence-electron chi connectivity index (χ0n) is 18.5. The molecule has 0 bridgehead atoms. The molecule has 10 heteroatoms. The molecule has 0 fully saturated rings. The van der Waals surface area contributed by atoms with Gasteiger partial charge in [-0.25, -0.2) is 9.97 Å². The average molecular weight is 457 g/mol. The van der Waals surface area contributed by atoms with E-state index in [0.717, 1.165) is 17.8 Å². The molecule has 0 saturated heterocycles. The summed E-state index contributed by atoms with van der Waals surface area (Å²) in [4.78, 5) is 24.4. The van der Waals surface area contributed by atoms with Crippen molar-refractivity contribution in [1.29, 1.82) is 0 Å². The first-order valence-electron chi connectivity index (χ1n) is 10.1. The molecule has 0 unspecified atom stereocenters. The van der Waals surface area contributed by atoms with Gasteiger partial charge in [0, 0.05) is 11.6 Å². The number of carbonyl (C=O) groups excluding carboxylic acids is 1. The van der Waals surface area contributed by atoms with E-state index in [1.165, 1.54) is 12.4 Å². The first kappa shape index (κ1) is 22.5. The van der Waals surface area contributed by atoms with E-state index in [2.05, 4.69) is 15.0 Å². The highest BCUT2D eigenvalue weighted by Crippen LogP contribution is 2.37. The molecule has 0 amide bonds. The molecular formula is C23H22F3N5O2. The molecular weight excluding hydrogens is 435 g/mol. The lowest BCUT2D eigenvalue weighted by atomic mass is 10.00. The van der Waals surface area contributed by atoms with Gasteiger partial charge in [0.05, 0.1) is 10.9 Å². The maximum absolute atomic E-state index is 13.2. The highest BCUT2D eigenvalue weighted by atomic mass is 19.4. The second kappa shape index (κ2) is 7.72. The van der Waals surface area contributed by atoms with Gasteiger partial charge in [0.1, 0.15) is 35.6 Å². The quantitative estimate of drug-likeness (QED) is 0.440. The number of rotatable bonds is 3. The number of hydrogen-bond acceptors (Lipinski definition) is 6. The molecule has 172 valence electrons. The lowest BCUT2D eigenvalue weighted by Gasteiger charge is -2.20. The van der Waals surface area contributed by atoms with Gasteiger partial charge in [-0.2, -0.15) is 13.2 Å². The molecule has 0 saturated carbocycles. The number of ether oxygens (including phenoxy) is 1. The summed E-state index contributed by atoms with van der Waals surface area (Å²) in [6, 6.07) is 5.99. The molecule has 0 spiro atoms. The first-order valence-corrected chi connectivity index (χ1v) is 10.1. The van der Waals surface area contributed by atoms with E-state index >= 15 is 0 Å². The number of aromatic nitrogens is 4. The third-order valence-corrected chi connectivity index (χ3v) is 5.04. The van der Waals surface area contributed by atoms with Crippen LogP contribution in [0.3, 0.4) is 0 Å². The molecule has 0 aliphatic rings. The SMILES string of the molecule is Cc1cc(-c2ccnc(C(F)(F)F)c2)cc2c3c(N)ncnc3n(CC(=O)OC(C)(C)C)c12. The molecule has 4 aromatic rings. The van der Waals surface area contributed by atoms with Gasteiger partial charge < -0.3 is 15.0 Å². The Morgan fingerprint density at radius 3 is 2.48 bits per heavy atom. The topological polar surface area (TPSA) is 95.9 Å². The summed E-state index contributed by atoms with van der Waals surface area (Å²) in [6.45, 7) is 7.03. The van der Waals surface area contributed by atoms with Crippen LogP contribution in [0.1, 0.15) is 32.0 Å². The number of nitrogens with two attached hydrogens (primary N) is 1. The number of pyridine rings is 1. The third kappa shape index (κ3) is 4.33. The maximum atomic E-state index is 13.2. The van der Waals surface area contributed by atoms with E-state index in [4.69, 9.17) is 10.5 Å². The summed E-state index contributed by atoms with van der Waals surface area (Å²) >= 11 is 0. The largest absolute Gasteiger partial charge is 0.459 e. The average Bonchev–Trinajstić information content (AvgIpc) is 3.01. The van der Waals surface area contributed by atoms with Crippen LogP contribution >= 0.6 is 0 Å². The molecule has 2 N–H and O–H groups in total. The minimum absolute atomic E-state index is 0.110. The Morgan fingerprint density at radius 2 is 1.82 bits per heavy atom. The number of aryl methyl sites for hydroxylation is 1. The normalized spacial score (nSPS) is 12.5. The summed E-state index contributed by atoms with van der Waals surface area (Å²) in [5.74, 6) is -0.249. The summed E-state index contributed by atoms with van der Waals surface area (Å²) < 4.78 is 46.7. The number of nitrogens with zero attached hydrogens (tertiary/aromatic N) is 4. The predicted octanol–water partition coefficient (Wildman–Crippen LogP) is 4.90. The summed E-state index contributed by atoms with van der Waals surface area (Å²) in [5.41, 5.74) is 7.26. The molecule has 3 heterocycles. The van der Waals surface area contributed by atoms with Crippen LogP contribution in [0.2, 0.25) is 0 Å². The van der Waals surface area contributed by atoms with E-state index < -0.39 is 23.4 Å². The molecule has 0 atom stereocenters. The fraction of sp³-hybridized carbons (Fsp3) is 0.304. The van der Waals surface area contributed by atoms with Gasteiger partial charge in [0.15, 0.2) is 0 Å². The summed E-state index contributed by atoms with van der Waals surface area (Å²) in [5, 5.41) is 1.15. The fourth-order valence-corrected chi connectivity index (χ4v) is 3.88. The second-order valence-electron chi connectivity index (χ2n) is 8.75. The number of fused-ring (bicyclic) bond motifs is 3. The monoisotopic (exact) mass is 457 g/mol. The molecule has 0 aliphatic carbocycles. The molecule has 0 aliphatic heterocycles. The van der Waals surface area contributed by atoms with Gasteiger partial charge >= 0.3 is 12.1 Å². The minimum atomic E-state index is -4.56. The van der Waals surface area contributed by atoms with Crippen LogP contribution in [0.5, 0.6) is 0 Å². The standard InChI is InChI=1S/C23H22F3N5O2/c1-12-7-14(13-5-6-28-16(9-13)23(24,25)26)8-15-18-20(27)29-11-30-21(18)31(19(12)15)10-17(32)33-22(2,3)4/h5-9,11H,10H2,1-4H3,(H2,27,29,30). The van der Waals surface area contributed by atoms with Crippen molar-refractivity contribution in [3.63, 3.8) is 0 Å². The number of halogens is 3. The summed E-state index contributed by atoms with van der Waals surface area (Å²) in [6.07, 6.45) is -2.13. The number of esters is 1. The molecule has 3 aromatic heterocycles. The maximum Gasteiger partial charge on any atom is 0.433 e. The number of nitrogen functional groups attached to an aromatic ring is 1. The Bertz CT molecular complexity index is 1390. The van der Waals surface area contributed by atoms with E-state index in [9.17, 15) is 18.0 Å². The molecule has 0 radical (unpaired) electrons. The Kier molecular flexibility index (Phi) is 5.26. The Labute approximate surface area is 187 Å². The van der Waals surface area contributed by atoms with Crippen molar-refractivity contribution in [2.75, 3.05) is 5.73 Å². The first-order chi connectivity index (χ1) is 15.3. The number of hydrogen-bond donors (Lipinski definition) is 1. The van der Waals surface area contributed by atoms with Crippen LogP contribution < -0.4 is 5.73 Å². The van der Waals surface area contributed by atoms with Crippen molar-refractivity contribution < 1.29 is 22.7 Å². The molecule has 1 aromatic carbocycles.